The van der Waals surface area contributed by atoms with Crippen molar-refractivity contribution in [2.75, 3.05) is 13.7 Å². The van der Waals surface area contributed by atoms with Gasteiger partial charge in [0.05, 0.1) is 19.1 Å². The van der Waals surface area contributed by atoms with Gasteiger partial charge in [-0.05, 0) is 45.0 Å². The molecule has 0 radical (unpaired) electrons. The number of hydrogen-bond donors (Lipinski definition) is 0. The van der Waals surface area contributed by atoms with Crippen LogP contribution in [0.2, 0.25) is 0 Å². The Labute approximate surface area is 167 Å². The van der Waals surface area contributed by atoms with Crippen LogP contribution >= 0.6 is 0 Å². The van der Waals surface area contributed by atoms with Crippen LogP contribution in [0.4, 0.5) is 0 Å². The fraction of sp³-hybridized carbons (Fsp3) is 0.273. The lowest BCUT2D eigenvalue weighted by molar-refractivity contribution is -0.147. The summed E-state index contributed by atoms with van der Waals surface area (Å²) >= 11 is 0. The fourth-order valence-corrected chi connectivity index (χ4v) is 2.80. The Hall–Kier alpha value is -3.48. The zero-order valence-electron chi connectivity index (χ0n) is 16.7. The number of carbonyl (C=O) groups is 1. The second kappa shape index (κ2) is 8.68. The minimum atomic E-state index is -0.789. The van der Waals surface area contributed by atoms with Gasteiger partial charge in [0.1, 0.15) is 17.1 Å². The lowest BCUT2D eigenvalue weighted by Gasteiger charge is -2.14. The summed E-state index contributed by atoms with van der Waals surface area (Å²) in [6.45, 7) is 5.56. The summed E-state index contributed by atoms with van der Waals surface area (Å²) in [5.41, 5.74) is 0.00938. The normalized spacial score (nSPS) is 11.7. The first-order valence-electron chi connectivity index (χ1n) is 9.16. The van der Waals surface area contributed by atoms with Crippen LogP contribution in [0.25, 0.3) is 11.0 Å². The van der Waals surface area contributed by atoms with Gasteiger partial charge in [0.2, 0.25) is 11.2 Å². The van der Waals surface area contributed by atoms with Crippen molar-refractivity contribution in [3.63, 3.8) is 0 Å². The molecule has 0 amide bonds. The van der Waals surface area contributed by atoms with Crippen LogP contribution in [-0.4, -0.2) is 25.8 Å². The molecular formula is C22H22O7. The molecule has 0 saturated heterocycles. The molecule has 152 valence electrons. The number of esters is 1. The molecule has 1 atom stereocenters. The van der Waals surface area contributed by atoms with Gasteiger partial charge in [-0.15, -0.1) is 0 Å². The molecule has 0 bridgehead atoms. The van der Waals surface area contributed by atoms with E-state index < -0.39 is 12.1 Å². The minimum Gasteiger partial charge on any atom is -0.490 e. The lowest BCUT2D eigenvalue weighted by atomic mass is 10.2. The first-order chi connectivity index (χ1) is 13.9. The van der Waals surface area contributed by atoms with E-state index >= 15 is 0 Å². The molecule has 1 heterocycles. The molecule has 1 unspecified atom stereocenters. The zero-order valence-corrected chi connectivity index (χ0v) is 16.7. The van der Waals surface area contributed by atoms with Gasteiger partial charge in [-0.2, -0.15) is 0 Å². The van der Waals surface area contributed by atoms with Crippen LogP contribution in [0.3, 0.4) is 0 Å². The zero-order chi connectivity index (χ0) is 21.0. The number of rotatable bonds is 7. The number of carbonyl (C=O) groups excluding carboxylic acids is 1. The van der Waals surface area contributed by atoms with Crippen molar-refractivity contribution in [3.05, 3.63) is 58.4 Å². The summed E-state index contributed by atoms with van der Waals surface area (Å²) in [5.74, 6) is 1.24. The molecule has 0 spiro atoms. The molecule has 7 heteroatoms. The maximum absolute atomic E-state index is 13.0. The standard InChI is InChI=1S/C22H22O7/c1-5-26-17-8-6-7-9-18(17)29-21-13(2)28-19-12-15(10-11-16(19)20(21)23)27-14(3)22(24)25-4/h6-12,14H,5H2,1-4H3. The van der Waals surface area contributed by atoms with E-state index in [-0.39, 0.29) is 11.2 Å². The van der Waals surface area contributed by atoms with E-state index in [1.54, 1.807) is 50.2 Å². The Balaban J connectivity index is 1.96. The van der Waals surface area contributed by atoms with Gasteiger partial charge in [0.25, 0.3) is 0 Å². The molecule has 0 aliphatic carbocycles. The molecule has 29 heavy (non-hydrogen) atoms. The molecule has 0 N–H and O–H groups in total. The van der Waals surface area contributed by atoms with Gasteiger partial charge in [-0.1, -0.05) is 12.1 Å². The quantitative estimate of drug-likeness (QED) is 0.551. The van der Waals surface area contributed by atoms with E-state index in [2.05, 4.69) is 4.74 Å². The number of benzene rings is 2. The molecule has 7 nitrogen and oxygen atoms in total. The number of para-hydroxylation sites is 2. The first-order valence-corrected chi connectivity index (χ1v) is 9.16. The third kappa shape index (κ3) is 4.34. The second-order valence-corrected chi connectivity index (χ2v) is 6.24. The molecule has 3 aromatic rings. The highest BCUT2D eigenvalue weighted by Crippen LogP contribution is 2.33. The number of fused-ring (bicyclic) bond motifs is 1. The summed E-state index contributed by atoms with van der Waals surface area (Å²) in [6.07, 6.45) is -0.789. The maximum Gasteiger partial charge on any atom is 0.346 e. The number of methoxy groups -OCH3 is 1. The smallest absolute Gasteiger partial charge is 0.346 e. The van der Waals surface area contributed by atoms with Gasteiger partial charge in [0.15, 0.2) is 17.6 Å². The van der Waals surface area contributed by atoms with E-state index in [1.165, 1.54) is 7.11 Å². The molecule has 0 saturated carbocycles. The van der Waals surface area contributed by atoms with Crippen LogP contribution in [0.1, 0.15) is 19.6 Å². The highest BCUT2D eigenvalue weighted by atomic mass is 16.6. The van der Waals surface area contributed by atoms with E-state index in [9.17, 15) is 9.59 Å². The molecule has 2 aromatic carbocycles. The maximum atomic E-state index is 13.0. The Morgan fingerprint density at radius 3 is 2.55 bits per heavy atom. The average molecular weight is 398 g/mol. The molecule has 1 aromatic heterocycles. The van der Waals surface area contributed by atoms with Crippen LogP contribution in [0, 0.1) is 6.92 Å². The molecule has 3 rings (SSSR count). The van der Waals surface area contributed by atoms with Gasteiger partial charge >= 0.3 is 5.97 Å². The molecule has 0 fully saturated rings. The third-order valence-corrected chi connectivity index (χ3v) is 4.19. The van der Waals surface area contributed by atoms with Crippen LogP contribution in [-0.2, 0) is 9.53 Å². The van der Waals surface area contributed by atoms with Crippen molar-refractivity contribution in [1.29, 1.82) is 0 Å². The highest BCUT2D eigenvalue weighted by Gasteiger charge is 2.18. The van der Waals surface area contributed by atoms with Crippen LogP contribution in [0.5, 0.6) is 23.0 Å². The highest BCUT2D eigenvalue weighted by molar-refractivity contribution is 5.80. The van der Waals surface area contributed by atoms with Gasteiger partial charge in [0, 0.05) is 6.07 Å². The lowest BCUT2D eigenvalue weighted by Crippen LogP contribution is -2.24. The van der Waals surface area contributed by atoms with Crippen LogP contribution < -0.4 is 19.6 Å². The predicted molar refractivity (Wildman–Crippen MR) is 107 cm³/mol. The van der Waals surface area contributed by atoms with E-state index in [0.717, 1.165) is 0 Å². The first kappa shape index (κ1) is 20.3. The Morgan fingerprint density at radius 1 is 1.14 bits per heavy atom. The summed E-state index contributed by atoms with van der Waals surface area (Å²) in [4.78, 5) is 24.5. The molecular weight excluding hydrogens is 376 g/mol. The number of aryl methyl sites for hydroxylation is 1. The van der Waals surface area contributed by atoms with E-state index in [1.807, 2.05) is 13.0 Å². The molecule has 0 aliphatic heterocycles. The predicted octanol–water partition coefficient (Wildman–Crippen LogP) is 4.23. The average Bonchev–Trinajstić information content (AvgIpc) is 2.71. The van der Waals surface area contributed by atoms with Gasteiger partial charge in [-0.25, -0.2) is 4.79 Å². The number of hydrogen-bond acceptors (Lipinski definition) is 7. The Morgan fingerprint density at radius 2 is 1.86 bits per heavy atom. The summed E-state index contributed by atoms with van der Waals surface area (Å²) < 4.78 is 27.4. The topological polar surface area (TPSA) is 84.2 Å². The minimum absolute atomic E-state index is 0.0845. The van der Waals surface area contributed by atoms with Gasteiger partial charge < -0.3 is 23.4 Å². The van der Waals surface area contributed by atoms with Gasteiger partial charge in [-0.3, -0.25) is 4.79 Å². The second-order valence-electron chi connectivity index (χ2n) is 6.24. The van der Waals surface area contributed by atoms with Crippen molar-refractivity contribution >= 4 is 16.9 Å². The Kier molecular flexibility index (Phi) is 6.07. The molecule has 0 aliphatic rings. The third-order valence-electron chi connectivity index (χ3n) is 4.19. The SMILES string of the molecule is CCOc1ccccc1Oc1c(C)oc2cc(OC(C)C(=O)OC)ccc2c1=O. The summed E-state index contributed by atoms with van der Waals surface area (Å²) in [6, 6.07) is 11.8. The van der Waals surface area contributed by atoms with Crippen LogP contribution in [0.15, 0.2) is 51.7 Å². The number of ether oxygens (including phenoxy) is 4. The monoisotopic (exact) mass is 398 g/mol. The van der Waals surface area contributed by atoms with Crippen molar-refractivity contribution in [2.45, 2.75) is 26.9 Å². The van der Waals surface area contributed by atoms with Crippen molar-refractivity contribution in [2.24, 2.45) is 0 Å². The van der Waals surface area contributed by atoms with E-state index in [0.29, 0.717) is 40.6 Å². The fourth-order valence-electron chi connectivity index (χ4n) is 2.80. The summed E-state index contributed by atoms with van der Waals surface area (Å²) in [7, 11) is 1.29. The largest absolute Gasteiger partial charge is 0.490 e. The van der Waals surface area contributed by atoms with E-state index in [4.69, 9.17) is 18.6 Å². The van der Waals surface area contributed by atoms with Crippen molar-refractivity contribution in [3.8, 4) is 23.0 Å². The van der Waals surface area contributed by atoms with Crippen molar-refractivity contribution in [1.82, 2.24) is 0 Å². The van der Waals surface area contributed by atoms with Crippen molar-refractivity contribution < 1.29 is 28.2 Å². The summed E-state index contributed by atoms with van der Waals surface area (Å²) in [5, 5.41) is 0.331. The Bertz CT molecular complexity index is 1080.